The summed E-state index contributed by atoms with van der Waals surface area (Å²) in [6.45, 7) is 5.69. The second kappa shape index (κ2) is 7.05. The molecule has 1 amide bonds. The predicted molar refractivity (Wildman–Crippen MR) is 105 cm³/mol. The molecule has 1 aliphatic rings. The van der Waals surface area contributed by atoms with Crippen LogP contribution in [0.2, 0.25) is 5.02 Å². The molecule has 4 rings (SSSR count). The minimum atomic E-state index is 0.153. The number of halogens is 1. The van der Waals surface area contributed by atoms with Crippen molar-refractivity contribution in [3.8, 4) is 0 Å². The summed E-state index contributed by atoms with van der Waals surface area (Å²) in [5, 5.41) is 0.662. The van der Waals surface area contributed by atoms with Crippen LogP contribution in [0.15, 0.2) is 28.7 Å². The maximum absolute atomic E-state index is 12.8. The Hall–Kier alpha value is -1.85. The zero-order valence-electron chi connectivity index (χ0n) is 14.9. The summed E-state index contributed by atoms with van der Waals surface area (Å²) in [6.07, 6.45) is 2.72. The minimum absolute atomic E-state index is 0.153. The first kappa shape index (κ1) is 17.6. The molecule has 0 atom stereocenters. The molecule has 136 valence electrons. The number of aryl methyl sites for hydroxylation is 2. The van der Waals surface area contributed by atoms with Crippen molar-refractivity contribution in [3.05, 3.63) is 50.5 Å². The SMILES string of the molecule is CCc1cc(C(=O)N2CCC(c3nc4cc(Cl)ccc4o3)CC2)sc1C. The van der Waals surface area contributed by atoms with E-state index in [4.69, 9.17) is 16.0 Å². The third kappa shape index (κ3) is 3.26. The van der Waals surface area contributed by atoms with Crippen LogP contribution in [0.5, 0.6) is 0 Å². The van der Waals surface area contributed by atoms with Crippen LogP contribution in [0.3, 0.4) is 0 Å². The molecular formula is C20H21ClN2O2S. The topological polar surface area (TPSA) is 46.3 Å². The number of aromatic nitrogens is 1. The molecular weight excluding hydrogens is 368 g/mol. The van der Waals surface area contributed by atoms with Crippen LogP contribution in [0.1, 0.15) is 51.7 Å². The lowest BCUT2D eigenvalue weighted by Crippen LogP contribution is -2.37. The zero-order chi connectivity index (χ0) is 18.3. The molecule has 1 fully saturated rings. The van der Waals surface area contributed by atoms with Gasteiger partial charge in [-0.3, -0.25) is 4.79 Å². The number of nitrogens with zero attached hydrogens (tertiary/aromatic N) is 2. The van der Waals surface area contributed by atoms with Crippen LogP contribution >= 0.6 is 22.9 Å². The van der Waals surface area contributed by atoms with Gasteiger partial charge in [-0.25, -0.2) is 4.98 Å². The van der Waals surface area contributed by atoms with Crippen LogP contribution in [-0.4, -0.2) is 28.9 Å². The van der Waals surface area contributed by atoms with Crippen molar-refractivity contribution < 1.29 is 9.21 Å². The van der Waals surface area contributed by atoms with Gasteiger partial charge in [0.05, 0.1) is 4.88 Å². The van der Waals surface area contributed by atoms with E-state index in [9.17, 15) is 4.79 Å². The van der Waals surface area contributed by atoms with Gasteiger partial charge in [-0.1, -0.05) is 18.5 Å². The molecule has 2 aromatic heterocycles. The van der Waals surface area contributed by atoms with Gasteiger partial charge in [-0.15, -0.1) is 11.3 Å². The van der Waals surface area contributed by atoms with Gasteiger partial charge >= 0.3 is 0 Å². The van der Waals surface area contributed by atoms with Crippen molar-refractivity contribution in [1.82, 2.24) is 9.88 Å². The van der Waals surface area contributed by atoms with Crippen LogP contribution in [0.4, 0.5) is 0 Å². The van der Waals surface area contributed by atoms with Gasteiger partial charge in [-0.05, 0) is 56.0 Å². The maximum Gasteiger partial charge on any atom is 0.263 e. The third-order valence-corrected chi connectivity index (χ3v) is 6.43. The number of fused-ring (bicyclic) bond motifs is 1. The highest BCUT2D eigenvalue weighted by Gasteiger charge is 2.28. The zero-order valence-corrected chi connectivity index (χ0v) is 16.5. The molecule has 26 heavy (non-hydrogen) atoms. The monoisotopic (exact) mass is 388 g/mol. The van der Waals surface area contributed by atoms with Gasteiger partial charge in [0, 0.05) is 28.9 Å². The van der Waals surface area contributed by atoms with E-state index in [1.54, 1.807) is 11.3 Å². The number of amides is 1. The smallest absolute Gasteiger partial charge is 0.263 e. The molecule has 0 saturated carbocycles. The Labute approximate surface area is 161 Å². The molecule has 1 aromatic carbocycles. The second-order valence-corrected chi connectivity index (χ2v) is 8.47. The summed E-state index contributed by atoms with van der Waals surface area (Å²) in [4.78, 5) is 21.4. The van der Waals surface area contributed by atoms with Crippen molar-refractivity contribution in [1.29, 1.82) is 0 Å². The van der Waals surface area contributed by atoms with Gasteiger partial charge in [0.25, 0.3) is 5.91 Å². The van der Waals surface area contributed by atoms with Gasteiger partial charge < -0.3 is 9.32 Å². The van der Waals surface area contributed by atoms with Gasteiger partial charge in [0.1, 0.15) is 5.52 Å². The lowest BCUT2D eigenvalue weighted by Gasteiger charge is -2.30. The minimum Gasteiger partial charge on any atom is -0.440 e. The number of piperidine rings is 1. The molecule has 1 saturated heterocycles. The molecule has 0 aliphatic carbocycles. The highest BCUT2D eigenvalue weighted by atomic mass is 35.5. The first-order chi connectivity index (χ1) is 12.5. The Morgan fingerprint density at radius 1 is 1.35 bits per heavy atom. The van der Waals surface area contributed by atoms with E-state index in [-0.39, 0.29) is 11.8 Å². The first-order valence-electron chi connectivity index (χ1n) is 8.99. The number of benzene rings is 1. The predicted octanol–water partition coefficient (Wildman–Crippen LogP) is 5.43. The van der Waals surface area contributed by atoms with E-state index in [1.165, 1.54) is 10.4 Å². The summed E-state index contributed by atoms with van der Waals surface area (Å²) >= 11 is 7.63. The number of hydrogen-bond donors (Lipinski definition) is 0. The third-order valence-electron chi connectivity index (χ3n) is 5.11. The van der Waals surface area contributed by atoms with Gasteiger partial charge in [0.15, 0.2) is 11.5 Å². The lowest BCUT2D eigenvalue weighted by atomic mass is 9.96. The summed E-state index contributed by atoms with van der Waals surface area (Å²) in [5.41, 5.74) is 2.84. The van der Waals surface area contributed by atoms with Crippen LogP contribution in [-0.2, 0) is 6.42 Å². The second-order valence-electron chi connectivity index (χ2n) is 6.78. The normalized spacial score (nSPS) is 15.7. The first-order valence-corrected chi connectivity index (χ1v) is 10.2. The van der Waals surface area contributed by atoms with Crippen LogP contribution < -0.4 is 0 Å². The van der Waals surface area contributed by atoms with Crippen molar-refractivity contribution in [2.24, 2.45) is 0 Å². The van der Waals surface area contributed by atoms with E-state index in [1.807, 2.05) is 23.1 Å². The highest BCUT2D eigenvalue weighted by molar-refractivity contribution is 7.14. The summed E-state index contributed by atoms with van der Waals surface area (Å²) in [7, 11) is 0. The maximum atomic E-state index is 12.8. The van der Waals surface area contributed by atoms with Crippen LogP contribution in [0.25, 0.3) is 11.1 Å². The van der Waals surface area contributed by atoms with Crippen molar-refractivity contribution in [2.75, 3.05) is 13.1 Å². The van der Waals surface area contributed by atoms with E-state index >= 15 is 0 Å². The number of hydrogen-bond acceptors (Lipinski definition) is 4. The van der Waals surface area contributed by atoms with Crippen molar-refractivity contribution in [3.63, 3.8) is 0 Å². The summed E-state index contributed by atoms with van der Waals surface area (Å²) in [6, 6.07) is 7.55. The molecule has 0 unspecified atom stereocenters. The quantitative estimate of drug-likeness (QED) is 0.600. The molecule has 0 N–H and O–H groups in total. The highest BCUT2D eigenvalue weighted by Crippen LogP contribution is 2.32. The fourth-order valence-electron chi connectivity index (χ4n) is 3.55. The van der Waals surface area contributed by atoms with Crippen molar-refractivity contribution >= 4 is 39.9 Å². The molecule has 4 nitrogen and oxygen atoms in total. The Kier molecular flexibility index (Phi) is 4.76. The van der Waals surface area contributed by atoms with E-state index in [0.29, 0.717) is 5.02 Å². The van der Waals surface area contributed by atoms with E-state index < -0.39 is 0 Å². The Balaban J connectivity index is 1.45. The Bertz CT molecular complexity index is 954. The molecule has 1 aliphatic heterocycles. The average molecular weight is 389 g/mol. The number of rotatable bonds is 3. The number of oxazole rings is 1. The number of carbonyl (C=O) groups is 1. The van der Waals surface area contributed by atoms with E-state index in [2.05, 4.69) is 24.9 Å². The molecule has 0 spiro atoms. The Morgan fingerprint density at radius 3 is 2.81 bits per heavy atom. The molecule has 0 radical (unpaired) electrons. The fraction of sp³-hybridized carbons (Fsp3) is 0.400. The Morgan fingerprint density at radius 2 is 2.12 bits per heavy atom. The molecule has 3 aromatic rings. The van der Waals surface area contributed by atoms with Crippen molar-refractivity contribution in [2.45, 2.75) is 39.0 Å². The van der Waals surface area contributed by atoms with Crippen LogP contribution in [0, 0.1) is 6.92 Å². The summed E-state index contributed by atoms with van der Waals surface area (Å²) < 4.78 is 5.91. The molecule has 3 heterocycles. The van der Waals surface area contributed by atoms with E-state index in [0.717, 1.165) is 54.2 Å². The number of thiophene rings is 1. The fourth-order valence-corrected chi connectivity index (χ4v) is 4.80. The summed E-state index contributed by atoms with van der Waals surface area (Å²) in [5.74, 6) is 1.16. The number of carbonyl (C=O) groups excluding carboxylic acids is 1. The average Bonchev–Trinajstić information content (AvgIpc) is 3.24. The lowest BCUT2D eigenvalue weighted by molar-refractivity contribution is 0.0711. The van der Waals surface area contributed by atoms with Gasteiger partial charge in [0.2, 0.25) is 0 Å². The van der Waals surface area contributed by atoms with Gasteiger partial charge in [-0.2, -0.15) is 0 Å². The molecule has 6 heteroatoms. The number of likely N-dealkylation sites (tertiary alicyclic amines) is 1. The molecule has 0 bridgehead atoms. The largest absolute Gasteiger partial charge is 0.440 e. The standard InChI is InChI=1S/C20H21ClN2O2S/c1-3-13-10-18(26-12(13)2)20(24)23-8-6-14(7-9-23)19-22-16-11-15(21)4-5-17(16)25-19/h4-5,10-11,14H,3,6-9H2,1-2H3.